The van der Waals surface area contributed by atoms with Crippen LogP contribution in [0.4, 0.5) is 0 Å². The zero-order valence-corrected chi connectivity index (χ0v) is 14.7. The van der Waals surface area contributed by atoms with Gasteiger partial charge in [-0.15, -0.1) is 0 Å². The fourth-order valence-electron chi connectivity index (χ4n) is 2.94. The molecule has 0 saturated carbocycles. The zero-order valence-electron chi connectivity index (χ0n) is 13.1. The topological polar surface area (TPSA) is 57.4 Å². The summed E-state index contributed by atoms with van der Waals surface area (Å²) in [6.07, 6.45) is 8.05. The molecule has 2 aliphatic heterocycles. The Balaban J connectivity index is 0.00000157. The van der Waals surface area contributed by atoms with E-state index in [-0.39, 0.29) is 20.4 Å². The number of aromatic nitrogens is 4. The van der Waals surface area contributed by atoms with Crippen molar-refractivity contribution in [1.82, 2.24) is 19.9 Å². The first kappa shape index (κ1) is 15.8. The second kappa shape index (κ2) is 6.29. The van der Waals surface area contributed by atoms with E-state index in [1.165, 1.54) is 0 Å². The molecule has 4 nitrogen and oxygen atoms in total. The summed E-state index contributed by atoms with van der Waals surface area (Å²) in [4.78, 5) is 16.0. The average molecular weight is 417 g/mol. The largest absolute Gasteiger partial charge is 0.355 e. The van der Waals surface area contributed by atoms with Gasteiger partial charge >= 0.3 is 0 Å². The van der Waals surface area contributed by atoms with Crippen molar-refractivity contribution in [3.63, 3.8) is 0 Å². The van der Waals surface area contributed by atoms with Crippen LogP contribution in [-0.4, -0.2) is 19.9 Å². The predicted molar refractivity (Wildman–Crippen MR) is 98.9 cm³/mol. The summed E-state index contributed by atoms with van der Waals surface area (Å²) in [6.45, 7) is 0. The van der Waals surface area contributed by atoms with Crippen molar-refractivity contribution >= 4 is 46.4 Å². The first-order chi connectivity index (χ1) is 11.8. The summed E-state index contributed by atoms with van der Waals surface area (Å²) in [5, 5.41) is 0. The Labute approximate surface area is 158 Å². The van der Waals surface area contributed by atoms with E-state index in [1.54, 1.807) is 0 Å². The molecule has 0 saturated heterocycles. The van der Waals surface area contributed by atoms with Gasteiger partial charge in [0.05, 0.1) is 22.8 Å². The molecule has 0 unspecified atom stereocenters. The van der Waals surface area contributed by atoms with Gasteiger partial charge in [0.2, 0.25) is 0 Å². The van der Waals surface area contributed by atoms with Crippen molar-refractivity contribution in [2.45, 2.75) is 0 Å². The first-order valence-electron chi connectivity index (χ1n) is 7.85. The smallest absolute Gasteiger partial charge is 0.0659 e. The molecule has 0 aromatic carbocycles. The molecule has 2 aliphatic rings. The summed E-state index contributed by atoms with van der Waals surface area (Å²) in [6, 6.07) is 16.4. The molecular formula is C20H14N4Pd. The number of aromatic amines is 2. The molecular weight excluding hydrogens is 403 g/mol. The molecule has 3 aromatic rings. The van der Waals surface area contributed by atoms with Gasteiger partial charge in [-0.05, 0) is 72.8 Å². The summed E-state index contributed by atoms with van der Waals surface area (Å²) in [7, 11) is 0. The van der Waals surface area contributed by atoms with E-state index in [2.05, 4.69) is 50.3 Å². The molecule has 124 valence electrons. The van der Waals surface area contributed by atoms with Crippen LogP contribution in [-0.2, 0) is 20.4 Å². The molecule has 0 spiro atoms. The quantitative estimate of drug-likeness (QED) is 0.361. The van der Waals surface area contributed by atoms with Crippen LogP contribution in [0.25, 0.3) is 46.4 Å². The number of rotatable bonds is 0. The second-order valence-corrected chi connectivity index (χ2v) is 5.91. The van der Waals surface area contributed by atoms with E-state index in [0.717, 1.165) is 44.8 Å². The Morgan fingerprint density at radius 3 is 1.28 bits per heavy atom. The summed E-state index contributed by atoms with van der Waals surface area (Å²) >= 11 is 0. The maximum absolute atomic E-state index is 4.62. The molecule has 0 amide bonds. The predicted octanol–water partition coefficient (Wildman–Crippen LogP) is 4.65. The molecule has 3 aromatic heterocycles. The van der Waals surface area contributed by atoms with Gasteiger partial charge in [0, 0.05) is 42.5 Å². The van der Waals surface area contributed by atoms with Crippen molar-refractivity contribution in [3.8, 4) is 0 Å². The number of fused-ring (bicyclic) bond motifs is 8. The van der Waals surface area contributed by atoms with E-state index in [9.17, 15) is 0 Å². The van der Waals surface area contributed by atoms with Gasteiger partial charge in [-0.1, -0.05) is 0 Å². The van der Waals surface area contributed by atoms with Crippen LogP contribution >= 0.6 is 0 Å². The third-order valence-corrected chi connectivity index (χ3v) is 4.04. The maximum atomic E-state index is 4.62. The Bertz CT molecular complexity index is 1080. The second-order valence-electron chi connectivity index (χ2n) is 5.91. The van der Waals surface area contributed by atoms with Gasteiger partial charge < -0.3 is 9.97 Å². The SMILES string of the molecule is C1=Cc2cc3ccc(cc4ccc(cc5nc(cc1n2)C=C5)[nH]4)[nH]3.[Pd]. The Kier molecular flexibility index (Phi) is 3.97. The van der Waals surface area contributed by atoms with Gasteiger partial charge in [-0.25, -0.2) is 9.97 Å². The molecule has 0 atom stereocenters. The van der Waals surface area contributed by atoms with E-state index in [0.29, 0.717) is 0 Å². The molecule has 8 bridgehead atoms. The van der Waals surface area contributed by atoms with Crippen LogP contribution in [0.5, 0.6) is 0 Å². The maximum Gasteiger partial charge on any atom is 0.0659 e. The standard InChI is InChI=1S/C20H14N4.Pd/c1-2-14-10-16-5-6-18(23-16)12-20-8-7-19(24-20)11-17-4-3-15(22-17)9-13(1)21-14;/h1-12,21-22H;. The monoisotopic (exact) mass is 416 g/mol. The van der Waals surface area contributed by atoms with Crippen LogP contribution in [0.3, 0.4) is 0 Å². The van der Waals surface area contributed by atoms with Crippen LogP contribution < -0.4 is 0 Å². The molecule has 5 rings (SSSR count). The Hall–Kier alpha value is -2.74. The van der Waals surface area contributed by atoms with Crippen molar-refractivity contribution in [3.05, 3.63) is 71.3 Å². The fourth-order valence-corrected chi connectivity index (χ4v) is 2.94. The van der Waals surface area contributed by atoms with Crippen LogP contribution in [0.1, 0.15) is 22.8 Å². The van der Waals surface area contributed by atoms with Crippen molar-refractivity contribution < 1.29 is 20.4 Å². The number of H-pyrrole nitrogens is 2. The van der Waals surface area contributed by atoms with E-state index in [4.69, 9.17) is 0 Å². The third kappa shape index (κ3) is 3.25. The Morgan fingerprint density at radius 2 is 0.840 bits per heavy atom. The Morgan fingerprint density at radius 1 is 0.480 bits per heavy atom. The fraction of sp³-hybridized carbons (Fsp3) is 0. The minimum atomic E-state index is 0. The normalized spacial score (nSPS) is 12.2. The number of hydrogen-bond acceptors (Lipinski definition) is 2. The van der Waals surface area contributed by atoms with Gasteiger partial charge in [0.25, 0.3) is 0 Å². The minimum Gasteiger partial charge on any atom is -0.355 e. The summed E-state index contributed by atoms with van der Waals surface area (Å²) in [5.74, 6) is 0. The van der Waals surface area contributed by atoms with E-state index >= 15 is 0 Å². The van der Waals surface area contributed by atoms with E-state index < -0.39 is 0 Å². The molecule has 5 heterocycles. The summed E-state index contributed by atoms with van der Waals surface area (Å²) < 4.78 is 0. The third-order valence-electron chi connectivity index (χ3n) is 4.04. The molecule has 0 fully saturated rings. The van der Waals surface area contributed by atoms with Crippen molar-refractivity contribution in [1.29, 1.82) is 0 Å². The molecule has 5 heteroatoms. The van der Waals surface area contributed by atoms with Gasteiger partial charge in [0.15, 0.2) is 0 Å². The minimum absolute atomic E-state index is 0. The van der Waals surface area contributed by atoms with Gasteiger partial charge in [-0.2, -0.15) is 0 Å². The zero-order chi connectivity index (χ0) is 15.9. The van der Waals surface area contributed by atoms with Gasteiger partial charge in [-0.3, -0.25) is 0 Å². The molecule has 25 heavy (non-hydrogen) atoms. The number of nitrogens with zero attached hydrogens (tertiary/aromatic N) is 2. The van der Waals surface area contributed by atoms with Crippen molar-refractivity contribution in [2.75, 3.05) is 0 Å². The van der Waals surface area contributed by atoms with Crippen LogP contribution in [0.15, 0.2) is 48.5 Å². The number of hydrogen-bond donors (Lipinski definition) is 2. The first-order valence-corrected chi connectivity index (χ1v) is 7.85. The van der Waals surface area contributed by atoms with Gasteiger partial charge in [0.1, 0.15) is 0 Å². The van der Waals surface area contributed by atoms with E-state index in [1.807, 2.05) is 42.5 Å². The molecule has 0 aliphatic carbocycles. The average Bonchev–Trinajstić information content (AvgIpc) is 3.32. The van der Waals surface area contributed by atoms with Crippen LogP contribution in [0.2, 0.25) is 0 Å². The van der Waals surface area contributed by atoms with Crippen molar-refractivity contribution in [2.24, 2.45) is 0 Å². The van der Waals surface area contributed by atoms with Crippen LogP contribution in [0, 0.1) is 0 Å². The molecule has 0 radical (unpaired) electrons. The molecule has 2 N–H and O–H groups in total. The number of nitrogens with one attached hydrogen (secondary N) is 2. The summed E-state index contributed by atoms with van der Waals surface area (Å²) in [5.41, 5.74) is 7.86.